The average molecular weight is 472 g/mol. The number of fused-ring (bicyclic) bond motifs is 7. The van der Waals surface area contributed by atoms with Gasteiger partial charge in [0.1, 0.15) is 17.5 Å². The van der Waals surface area contributed by atoms with Crippen LogP contribution in [0.1, 0.15) is 38.2 Å². The maximum absolute atomic E-state index is 14.6. The first-order valence-corrected chi connectivity index (χ1v) is 12.4. The molecule has 5 nitrogen and oxygen atoms in total. The molecule has 1 aromatic carbocycles. The van der Waals surface area contributed by atoms with Gasteiger partial charge in [-0.2, -0.15) is 16.7 Å². The van der Waals surface area contributed by atoms with E-state index >= 15 is 0 Å². The van der Waals surface area contributed by atoms with Crippen molar-refractivity contribution < 1.29 is 18.3 Å². The van der Waals surface area contributed by atoms with Crippen LogP contribution in [0.25, 0.3) is 11.1 Å². The number of nitrogens with one attached hydrogen (secondary N) is 1. The summed E-state index contributed by atoms with van der Waals surface area (Å²) in [5.41, 5.74) is 1.88. The van der Waals surface area contributed by atoms with Gasteiger partial charge in [0.05, 0.1) is 18.9 Å². The van der Waals surface area contributed by atoms with Gasteiger partial charge in [-0.05, 0) is 74.3 Å². The number of halogens is 2. The zero-order chi connectivity index (χ0) is 23.2. The second-order valence-electron chi connectivity index (χ2n) is 8.08. The highest BCUT2D eigenvalue weighted by Crippen LogP contribution is 2.31. The number of nitrogens with zero attached hydrogens (tertiary/aromatic N) is 2. The Morgan fingerprint density at radius 2 is 1.94 bits per heavy atom. The number of ether oxygens (including phenoxy) is 2. The highest BCUT2D eigenvalue weighted by atomic mass is 32.2. The maximum Gasteiger partial charge on any atom is 0.215 e. The summed E-state index contributed by atoms with van der Waals surface area (Å²) in [6, 6.07) is 9.84. The van der Waals surface area contributed by atoms with E-state index in [0.29, 0.717) is 35.2 Å². The van der Waals surface area contributed by atoms with Gasteiger partial charge in [0.2, 0.25) is 5.88 Å². The molecule has 8 heteroatoms. The molecular formula is C25H27F2N3O2S. The van der Waals surface area contributed by atoms with E-state index in [1.54, 1.807) is 17.8 Å². The van der Waals surface area contributed by atoms with Crippen LogP contribution in [0.15, 0.2) is 42.6 Å². The molecule has 0 saturated carbocycles. The third kappa shape index (κ3) is 6.13. The van der Waals surface area contributed by atoms with Crippen molar-refractivity contribution in [3.05, 3.63) is 59.8 Å². The lowest BCUT2D eigenvalue weighted by molar-refractivity contribution is 0.196. The summed E-state index contributed by atoms with van der Waals surface area (Å²) in [5, 5.41) is 3.16. The first-order chi connectivity index (χ1) is 16.0. The summed E-state index contributed by atoms with van der Waals surface area (Å²) in [5.74, 6) is 1.49. The van der Waals surface area contributed by atoms with E-state index in [-0.39, 0.29) is 11.9 Å². The second-order valence-corrected chi connectivity index (χ2v) is 8.94. The number of benzene rings is 1. The average Bonchev–Trinajstić information content (AvgIpc) is 2.78. The first-order valence-electron chi connectivity index (χ1n) is 11.0. The molecule has 33 heavy (non-hydrogen) atoms. The highest BCUT2D eigenvalue weighted by molar-refractivity contribution is 7.97. The molecule has 1 aliphatic heterocycles. The molecule has 0 amide bonds. The predicted molar refractivity (Wildman–Crippen MR) is 128 cm³/mol. The molecule has 0 spiro atoms. The molecule has 3 heterocycles. The normalized spacial score (nSPS) is 16.5. The summed E-state index contributed by atoms with van der Waals surface area (Å²) in [6.07, 6.45) is 6.75. The topological polar surface area (TPSA) is 56.3 Å². The van der Waals surface area contributed by atoms with Gasteiger partial charge < -0.3 is 14.8 Å². The van der Waals surface area contributed by atoms with Crippen LogP contribution in [-0.2, 0) is 5.75 Å². The minimum absolute atomic E-state index is 0.000596. The zero-order valence-corrected chi connectivity index (χ0v) is 19.6. The van der Waals surface area contributed by atoms with E-state index < -0.39 is 11.6 Å². The quantitative estimate of drug-likeness (QED) is 0.446. The van der Waals surface area contributed by atoms with Crippen molar-refractivity contribution in [3.63, 3.8) is 0 Å². The molecule has 1 aliphatic rings. The molecule has 6 bridgehead atoms. The van der Waals surface area contributed by atoms with Crippen LogP contribution in [0.4, 0.5) is 20.4 Å². The van der Waals surface area contributed by atoms with Crippen molar-refractivity contribution >= 4 is 23.4 Å². The van der Waals surface area contributed by atoms with Crippen molar-refractivity contribution in [2.45, 2.75) is 44.5 Å². The third-order valence-corrected chi connectivity index (χ3v) is 5.98. The summed E-state index contributed by atoms with van der Waals surface area (Å²) in [6.45, 7) is 2.42. The van der Waals surface area contributed by atoms with Crippen molar-refractivity contribution in [1.29, 1.82) is 0 Å². The molecule has 174 valence electrons. The minimum atomic E-state index is -0.505. The standard InChI is InChI=1S/C25H27F2N3O2S/c1-16-6-4-3-5-9-31-22-12-18(7-8-20(22)26)19-13-23(28-14-21(19)27)29-24-10-17(15-33-2)11-25(30-24)32-16/h7-8,10-14,16H,3-6,9,15H2,1-2H3,(H,28,29,30). The number of hydrogen-bond donors (Lipinski definition) is 1. The fourth-order valence-corrected chi connectivity index (χ4v) is 4.23. The first kappa shape index (κ1) is 23.3. The molecule has 0 fully saturated rings. The van der Waals surface area contributed by atoms with Crippen molar-refractivity contribution in [1.82, 2.24) is 9.97 Å². The Morgan fingerprint density at radius 1 is 1.06 bits per heavy atom. The summed E-state index contributed by atoms with van der Waals surface area (Å²) in [4.78, 5) is 8.76. The molecular weight excluding hydrogens is 444 g/mol. The van der Waals surface area contributed by atoms with Gasteiger partial charge in [-0.3, -0.25) is 0 Å². The number of anilines is 2. The van der Waals surface area contributed by atoms with Crippen LogP contribution in [0.2, 0.25) is 0 Å². The van der Waals surface area contributed by atoms with Gasteiger partial charge in [-0.1, -0.05) is 6.07 Å². The molecule has 3 aromatic rings. The largest absolute Gasteiger partial charge is 0.490 e. The van der Waals surface area contributed by atoms with Gasteiger partial charge in [0, 0.05) is 17.4 Å². The summed E-state index contributed by atoms with van der Waals surface area (Å²) in [7, 11) is 0. The zero-order valence-electron chi connectivity index (χ0n) is 18.7. The predicted octanol–water partition coefficient (Wildman–Crippen LogP) is 6.75. The Hall–Kier alpha value is -2.87. The van der Waals surface area contributed by atoms with Crippen LogP contribution in [0, 0.1) is 11.6 Å². The molecule has 1 unspecified atom stereocenters. The molecule has 4 rings (SSSR count). The second kappa shape index (κ2) is 10.8. The number of aromatic nitrogens is 2. The van der Waals surface area contributed by atoms with Crippen LogP contribution in [0.5, 0.6) is 11.6 Å². The Labute approximate surface area is 196 Å². The Balaban J connectivity index is 1.73. The van der Waals surface area contributed by atoms with Crippen LogP contribution in [-0.4, -0.2) is 28.9 Å². The maximum atomic E-state index is 14.6. The molecule has 0 radical (unpaired) electrons. The Morgan fingerprint density at radius 3 is 2.79 bits per heavy atom. The van der Waals surface area contributed by atoms with E-state index in [1.165, 1.54) is 18.2 Å². The lowest BCUT2D eigenvalue weighted by Crippen LogP contribution is -2.13. The minimum Gasteiger partial charge on any atom is -0.490 e. The van der Waals surface area contributed by atoms with E-state index in [1.807, 2.05) is 25.3 Å². The fraction of sp³-hybridized carbons (Fsp3) is 0.360. The van der Waals surface area contributed by atoms with E-state index in [2.05, 4.69) is 15.3 Å². The van der Waals surface area contributed by atoms with Gasteiger partial charge in [-0.15, -0.1) is 0 Å². The molecule has 2 aromatic heterocycles. The van der Waals surface area contributed by atoms with E-state index in [0.717, 1.165) is 43.2 Å². The van der Waals surface area contributed by atoms with Gasteiger partial charge in [-0.25, -0.2) is 13.8 Å². The molecule has 1 N–H and O–H groups in total. The molecule has 1 atom stereocenters. The van der Waals surface area contributed by atoms with E-state index in [4.69, 9.17) is 9.47 Å². The highest BCUT2D eigenvalue weighted by Gasteiger charge is 2.14. The van der Waals surface area contributed by atoms with Crippen molar-refractivity contribution in [3.8, 4) is 22.8 Å². The smallest absolute Gasteiger partial charge is 0.215 e. The lowest BCUT2D eigenvalue weighted by Gasteiger charge is -2.17. The molecule has 0 aliphatic carbocycles. The van der Waals surface area contributed by atoms with Crippen LogP contribution in [0.3, 0.4) is 0 Å². The number of hydrogen-bond acceptors (Lipinski definition) is 6. The van der Waals surface area contributed by atoms with E-state index in [9.17, 15) is 8.78 Å². The van der Waals surface area contributed by atoms with Gasteiger partial charge in [0.15, 0.2) is 11.6 Å². The number of rotatable bonds is 2. The fourth-order valence-electron chi connectivity index (χ4n) is 3.73. The van der Waals surface area contributed by atoms with Crippen molar-refractivity contribution in [2.75, 3.05) is 18.2 Å². The SMILES string of the molecule is CSCc1cc2nc(c1)OC(C)CCCCCOc1cc(ccc1F)-c1cc(ncc1F)N2. The third-order valence-electron chi connectivity index (χ3n) is 5.36. The molecule has 0 saturated heterocycles. The van der Waals surface area contributed by atoms with Crippen LogP contribution < -0.4 is 14.8 Å². The monoisotopic (exact) mass is 471 g/mol. The van der Waals surface area contributed by atoms with Gasteiger partial charge >= 0.3 is 0 Å². The Bertz CT molecular complexity index is 1110. The number of thioether (sulfide) groups is 1. The van der Waals surface area contributed by atoms with Crippen LogP contribution >= 0.6 is 11.8 Å². The summed E-state index contributed by atoms with van der Waals surface area (Å²) >= 11 is 1.71. The number of pyridine rings is 2. The van der Waals surface area contributed by atoms with Gasteiger partial charge in [0.25, 0.3) is 0 Å². The lowest BCUT2D eigenvalue weighted by atomic mass is 10.1. The van der Waals surface area contributed by atoms with Crippen molar-refractivity contribution in [2.24, 2.45) is 0 Å². The Kier molecular flexibility index (Phi) is 7.65. The summed E-state index contributed by atoms with van der Waals surface area (Å²) < 4.78 is 40.7.